The van der Waals surface area contributed by atoms with Crippen molar-refractivity contribution in [3.05, 3.63) is 114 Å². The van der Waals surface area contributed by atoms with E-state index in [4.69, 9.17) is 9.47 Å². The number of hydrogen-bond acceptors (Lipinski definition) is 10. The van der Waals surface area contributed by atoms with Crippen LogP contribution in [0.15, 0.2) is 108 Å². The summed E-state index contributed by atoms with van der Waals surface area (Å²) >= 11 is 0. The third-order valence-electron chi connectivity index (χ3n) is 6.49. The van der Waals surface area contributed by atoms with Gasteiger partial charge in [-0.05, 0) is 67.8 Å². The molecular weight excluding hydrogens is 682 g/mol. The molecule has 0 saturated carbocycles. The zero-order valence-corrected chi connectivity index (χ0v) is 31.3. The zero-order chi connectivity index (χ0) is 39.8. The van der Waals surface area contributed by atoms with Crippen molar-refractivity contribution < 1.29 is 38.2 Å². The van der Waals surface area contributed by atoms with Crippen molar-refractivity contribution in [1.82, 2.24) is 26.2 Å². The molecule has 0 aliphatic rings. The highest BCUT2D eigenvalue weighted by molar-refractivity contribution is 5.95. The third-order valence-corrected chi connectivity index (χ3v) is 6.49. The van der Waals surface area contributed by atoms with Crippen LogP contribution >= 0.6 is 0 Å². The largest absolute Gasteiger partial charge is 0.493 e. The molecule has 0 aromatic heterocycles. The van der Waals surface area contributed by atoms with E-state index < -0.39 is 23.8 Å². The topological polar surface area (TPSA) is 189 Å². The first-order chi connectivity index (χ1) is 25.1. The molecule has 0 fully saturated rings. The van der Waals surface area contributed by atoms with Gasteiger partial charge in [0.25, 0.3) is 0 Å². The van der Waals surface area contributed by atoms with Gasteiger partial charge in [-0.15, -0.1) is 0 Å². The molecule has 5 N–H and O–H groups in total. The maximum atomic E-state index is 12.7. The number of carbonyl (C=O) groups excluding carboxylic acids is 5. The molecule has 0 bridgehead atoms. The number of ether oxygens (including phenoxy) is 3. The molecule has 0 atom stereocenters. The van der Waals surface area contributed by atoms with Gasteiger partial charge in [-0.2, -0.15) is 0 Å². The van der Waals surface area contributed by atoms with Gasteiger partial charge in [0, 0.05) is 55.2 Å². The zero-order valence-electron chi connectivity index (χ0n) is 31.3. The third kappa shape index (κ3) is 20.8. The summed E-state index contributed by atoms with van der Waals surface area (Å²) in [7, 11) is 2.84. The molecule has 53 heavy (non-hydrogen) atoms. The highest BCUT2D eigenvalue weighted by Crippen LogP contribution is 2.19. The Balaban J connectivity index is 2.93. The number of allylic oxidation sites excluding steroid dienone is 7. The van der Waals surface area contributed by atoms with Gasteiger partial charge >= 0.3 is 6.09 Å². The summed E-state index contributed by atoms with van der Waals surface area (Å²) < 4.78 is 16.4. The van der Waals surface area contributed by atoms with Gasteiger partial charge in [-0.1, -0.05) is 32.7 Å². The van der Waals surface area contributed by atoms with Crippen molar-refractivity contribution in [3.63, 3.8) is 0 Å². The lowest BCUT2D eigenvalue weighted by molar-refractivity contribution is -0.127. The van der Waals surface area contributed by atoms with Crippen LogP contribution in [-0.2, 0) is 46.6 Å². The molecule has 5 amide bonds. The van der Waals surface area contributed by atoms with E-state index >= 15 is 0 Å². The molecule has 0 aliphatic heterocycles. The van der Waals surface area contributed by atoms with E-state index in [-0.39, 0.29) is 38.8 Å². The minimum absolute atomic E-state index is 0.133. The highest BCUT2D eigenvalue weighted by atomic mass is 16.5. The molecule has 286 valence electrons. The van der Waals surface area contributed by atoms with Gasteiger partial charge in [0.1, 0.15) is 19.0 Å². The molecule has 0 saturated heterocycles. The van der Waals surface area contributed by atoms with Crippen molar-refractivity contribution in [3.8, 4) is 0 Å². The normalized spacial score (nSPS) is 11.5. The number of nitrogens with zero attached hydrogens (tertiary/aromatic N) is 2. The van der Waals surface area contributed by atoms with Crippen molar-refractivity contribution in [2.24, 2.45) is 4.99 Å². The Morgan fingerprint density at radius 2 is 1.43 bits per heavy atom. The van der Waals surface area contributed by atoms with Gasteiger partial charge in [0.15, 0.2) is 0 Å². The molecule has 1 aromatic rings. The number of nitrogens with one attached hydrogen (secondary N) is 5. The Labute approximate surface area is 311 Å². The molecule has 1 aromatic carbocycles. The SMILES string of the molecule is C=C(/C=C(\C)OCc1cc(COC(=C)/C=C(\C)N=CCC)cc(NC(=O)CNC(=O)CNC(=O)CNC(C)=O)c1)N/C=C\C=C/C(=C)N(C)C(=O)OC. The first kappa shape index (κ1) is 44.6. The van der Waals surface area contributed by atoms with Gasteiger partial charge in [-0.3, -0.25) is 29.1 Å². The van der Waals surface area contributed by atoms with Crippen molar-refractivity contribution in [2.45, 2.75) is 47.3 Å². The molecule has 0 spiro atoms. The fourth-order valence-corrected chi connectivity index (χ4v) is 3.89. The van der Waals surface area contributed by atoms with Crippen molar-refractivity contribution >= 4 is 41.6 Å². The molecule has 0 unspecified atom stereocenters. The fourth-order valence-electron chi connectivity index (χ4n) is 3.89. The summed E-state index contributed by atoms with van der Waals surface area (Å²) in [6, 6.07) is 5.31. The van der Waals surface area contributed by atoms with Gasteiger partial charge in [0.05, 0.1) is 32.5 Å². The molecule has 15 heteroatoms. The molecule has 0 heterocycles. The Morgan fingerprint density at radius 3 is 2.04 bits per heavy atom. The Bertz CT molecular complexity index is 1660. The average Bonchev–Trinajstić information content (AvgIpc) is 3.11. The minimum Gasteiger partial charge on any atom is -0.493 e. The van der Waals surface area contributed by atoms with E-state index in [0.717, 1.165) is 12.1 Å². The van der Waals surface area contributed by atoms with E-state index in [2.05, 4.69) is 56.1 Å². The maximum absolute atomic E-state index is 12.7. The van der Waals surface area contributed by atoms with Crippen LogP contribution in [0.4, 0.5) is 10.5 Å². The van der Waals surface area contributed by atoms with Crippen LogP contribution in [0, 0.1) is 0 Å². The number of carbonyl (C=O) groups is 5. The summed E-state index contributed by atoms with van der Waals surface area (Å²) in [5, 5.41) is 12.9. The lowest BCUT2D eigenvalue weighted by Crippen LogP contribution is -2.43. The lowest BCUT2D eigenvalue weighted by atomic mass is 10.1. The number of likely N-dealkylation sites (N-methyl/N-ethyl adjacent to an activating group) is 1. The predicted molar refractivity (Wildman–Crippen MR) is 205 cm³/mol. The molecule has 1 rings (SSSR count). The minimum atomic E-state index is -0.586. The lowest BCUT2D eigenvalue weighted by Gasteiger charge is -2.14. The summed E-state index contributed by atoms with van der Waals surface area (Å²) in [6.45, 7) is 17.9. The number of benzene rings is 1. The molecule has 15 nitrogen and oxygen atoms in total. The number of methoxy groups -OCH3 is 1. The van der Waals surface area contributed by atoms with Crippen LogP contribution < -0.4 is 26.6 Å². The van der Waals surface area contributed by atoms with Crippen LogP contribution in [-0.4, -0.2) is 74.6 Å². The quantitative estimate of drug-likeness (QED) is 0.0661. The Morgan fingerprint density at radius 1 is 0.830 bits per heavy atom. The number of amides is 5. The van der Waals surface area contributed by atoms with E-state index in [0.29, 0.717) is 39.7 Å². The van der Waals surface area contributed by atoms with Crippen LogP contribution in [0.1, 0.15) is 45.2 Å². The second-order valence-corrected chi connectivity index (χ2v) is 11.3. The summed E-state index contributed by atoms with van der Waals surface area (Å²) in [5.41, 5.74) is 3.59. The van der Waals surface area contributed by atoms with Crippen molar-refractivity contribution in [2.75, 3.05) is 39.1 Å². The summed E-state index contributed by atoms with van der Waals surface area (Å²) in [5.74, 6) is -1.06. The van der Waals surface area contributed by atoms with Crippen LogP contribution in [0.25, 0.3) is 0 Å². The number of aliphatic imine (C=N–C) groups is 1. The van der Waals surface area contributed by atoms with Crippen molar-refractivity contribution in [1.29, 1.82) is 0 Å². The first-order valence-electron chi connectivity index (χ1n) is 16.5. The summed E-state index contributed by atoms with van der Waals surface area (Å²) in [4.78, 5) is 64.6. The first-order valence-corrected chi connectivity index (χ1v) is 16.5. The standard InChI is InChI=1S/C38H51N7O8/c1-10-14-39-26(2)16-29(5)52-24-32-18-33(20-34(19-32)44-37(49)23-43-36(48)22-42-35(47)21-41-31(7)46)25-53-30(6)17-27(3)40-15-12-11-13-28(4)45(8)38(50)51-9/h11-20,40H,3-5,10,21-25H2,1-2,6-9H3,(H,41,46)(H,42,47)(H,43,48)(H,44,49)/b13-11-,15-12-,26-16+,30-17+,39-14?. The van der Waals surface area contributed by atoms with Gasteiger partial charge < -0.3 is 40.8 Å². The van der Waals surface area contributed by atoms with E-state index in [1.54, 1.807) is 68.9 Å². The van der Waals surface area contributed by atoms with E-state index in [1.165, 1.54) is 18.9 Å². The summed E-state index contributed by atoms with van der Waals surface area (Å²) in [6.07, 6.45) is 12.2. The molecule has 0 aliphatic carbocycles. The molecular formula is C38H51N7O8. The average molecular weight is 734 g/mol. The van der Waals surface area contributed by atoms with Gasteiger partial charge in [-0.25, -0.2) is 4.79 Å². The van der Waals surface area contributed by atoms with Gasteiger partial charge in [0.2, 0.25) is 23.6 Å². The second kappa shape index (κ2) is 24.7. The smallest absolute Gasteiger partial charge is 0.413 e. The predicted octanol–water partition coefficient (Wildman–Crippen LogP) is 4.21. The number of hydrogen-bond donors (Lipinski definition) is 5. The monoisotopic (exact) mass is 733 g/mol. The highest BCUT2D eigenvalue weighted by Gasteiger charge is 2.11. The van der Waals surface area contributed by atoms with E-state index in [1.807, 2.05) is 19.9 Å². The number of rotatable bonds is 22. The maximum Gasteiger partial charge on any atom is 0.413 e. The Kier molecular flexibility index (Phi) is 20.8. The Hall–Kier alpha value is -6.38. The van der Waals surface area contributed by atoms with Crippen LogP contribution in [0.5, 0.6) is 0 Å². The van der Waals surface area contributed by atoms with E-state index in [9.17, 15) is 24.0 Å². The van der Waals surface area contributed by atoms with Crippen LogP contribution in [0.2, 0.25) is 0 Å². The molecule has 0 radical (unpaired) electrons. The van der Waals surface area contributed by atoms with Crippen LogP contribution in [0.3, 0.4) is 0 Å². The second-order valence-electron chi connectivity index (χ2n) is 11.3. The number of anilines is 1. The fraction of sp³-hybridized carbons (Fsp3) is 0.316.